The fraction of sp³-hybridized carbons (Fsp3) is 0.320. The first-order valence-corrected chi connectivity index (χ1v) is 11.0. The van der Waals surface area contributed by atoms with Crippen molar-refractivity contribution in [2.75, 3.05) is 25.0 Å². The minimum absolute atomic E-state index is 0. The number of pyridine rings is 2. The molecule has 0 amide bonds. The quantitative estimate of drug-likeness (QED) is 0.254. The van der Waals surface area contributed by atoms with Gasteiger partial charge in [0, 0.05) is 51.2 Å². The number of hydrogen-bond donors (Lipinski definition) is 2. The van der Waals surface area contributed by atoms with Crippen LogP contribution in [0.4, 0.5) is 10.2 Å². The van der Waals surface area contributed by atoms with E-state index >= 15 is 0 Å². The zero-order chi connectivity index (χ0) is 23.2. The fourth-order valence-electron chi connectivity index (χ4n) is 3.77. The minimum Gasteiger partial charge on any atom is -0.439 e. The molecule has 34 heavy (non-hydrogen) atoms. The molecule has 2 N–H and O–H groups in total. The van der Waals surface area contributed by atoms with Crippen molar-refractivity contribution in [3.63, 3.8) is 0 Å². The molecule has 3 aromatic rings. The van der Waals surface area contributed by atoms with E-state index in [4.69, 9.17) is 4.74 Å². The molecule has 0 saturated carbocycles. The summed E-state index contributed by atoms with van der Waals surface area (Å²) in [6, 6.07) is 13.0. The third kappa shape index (κ3) is 6.55. The van der Waals surface area contributed by atoms with Gasteiger partial charge in [-0.1, -0.05) is 6.07 Å². The first-order chi connectivity index (χ1) is 16.0. The summed E-state index contributed by atoms with van der Waals surface area (Å²) < 4.78 is 20.0. The normalized spacial score (nSPS) is 15.6. The van der Waals surface area contributed by atoms with Crippen molar-refractivity contribution in [3.05, 3.63) is 77.4 Å². The van der Waals surface area contributed by atoms with Crippen LogP contribution < -0.4 is 20.3 Å². The molecule has 1 saturated heterocycles. The molecule has 4 rings (SSSR count). The summed E-state index contributed by atoms with van der Waals surface area (Å²) in [5, 5.41) is 6.75. The molecule has 180 valence electrons. The lowest BCUT2D eigenvalue weighted by Crippen LogP contribution is -2.44. The predicted molar refractivity (Wildman–Crippen MR) is 144 cm³/mol. The zero-order valence-corrected chi connectivity index (χ0v) is 21.9. The van der Waals surface area contributed by atoms with Gasteiger partial charge in [0.2, 0.25) is 5.88 Å². The Labute approximate surface area is 216 Å². The van der Waals surface area contributed by atoms with Crippen LogP contribution in [0.1, 0.15) is 23.1 Å². The molecule has 1 fully saturated rings. The summed E-state index contributed by atoms with van der Waals surface area (Å²) in [5.41, 5.74) is 3.43. The van der Waals surface area contributed by atoms with E-state index in [2.05, 4.69) is 39.4 Å². The summed E-state index contributed by atoms with van der Waals surface area (Å²) in [6.45, 7) is 6.11. The van der Waals surface area contributed by atoms with Crippen LogP contribution in [-0.2, 0) is 6.54 Å². The second-order valence-electron chi connectivity index (χ2n) is 8.16. The Balaban J connectivity index is 0.00000324. The van der Waals surface area contributed by atoms with E-state index in [1.54, 1.807) is 25.5 Å². The number of ether oxygens (including phenoxy) is 1. The fourth-order valence-corrected chi connectivity index (χ4v) is 3.77. The van der Waals surface area contributed by atoms with Crippen molar-refractivity contribution in [1.29, 1.82) is 0 Å². The summed E-state index contributed by atoms with van der Waals surface area (Å²) in [6.07, 6.45) is 4.23. The number of benzene rings is 1. The summed E-state index contributed by atoms with van der Waals surface area (Å²) in [4.78, 5) is 14.8. The van der Waals surface area contributed by atoms with Gasteiger partial charge >= 0.3 is 0 Å². The number of guanidine groups is 1. The first kappa shape index (κ1) is 25.7. The number of aliphatic imine (C=N–C) groups is 1. The number of anilines is 1. The average Bonchev–Trinajstić information content (AvgIpc) is 3.28. The largest absolute Gasteiger partial charge is 0.439 e. The number of rotatable bonds is 6. The van der Waals surface area contributed by atoms with Crippen LogP contribution in [0.2, 0.25) is 0 Å². The maximum Gasteiger partial charge on any atom is 0.219 e. The standard InChI is InChI=1S/C25H29FN6O.HI/c1-17-6-7-21(13-18(17)2)33-23-14-19(8-11-28-23)15-30-25(27-3)31-20-9-12-32(16-20)24-22(26)5-4-10-29-24;/h4-8,10-11,13-14,20H,9,12,15-16H2,1-3H3,(H2,27,30,31);1H. The number of halogens is 2. The molecule has 3 heterocycles. The third-order valence-electron chi connectivity index (χ3n) is 5.75. The highest BCUT2D eigenvalue weighted by Gasteiger charge is 2.25. The lowest BCUT2D eigenvalue weighted by molar-refractivity contribution is 0.461. The van der Waals surface area contributed by atoms with Crippen LogP contribution >= 0.6 is 24.0 Å². The SMILES string of the molecule is CN=C(NCc1ccnc(Oc2ccc(C)c(C)c2)c1)NC1CCN(c2ncccc2F)C1.I. The Morgan fingerprint density at radius 3 is 2.76 bits per heavy atom. The Kier molecular flexibility index (Phi) is 9.03. The van der Waals surface area contributed by atoms with E-state index in [9.17, 15) is 4.39 Å². The van der Waals surface area contributed by atoms with Crippen LogP contribution in [0.25, 0.3) is 0 Å². The molecule has 0 radical (unpaired) electrons. The van der Waals surface area contributed by atoms with Gasteiger partial charge in [0.15, 0.2) is 17.6 Å². The van der Waals surface area contributed by atoms with Gasteiger partial charge in [0.05, 0.1) is 0 Å². The Morgan fingerprint density at radius 2 is 2.00 bits per heavy atom. The van der Waals surface area contributed by atoms with E-state index in [0.29, 0.717) is 30.7 Å². The number of aryl methyl sites for hydroxylation is 2. The Hall–Kier alpha value is -2.95. The van der Waals surface area contributed by atoms with Crippen molar-refractivity contribution < 1.29 is 9.13 Å². The second kappa shape index (κ2) is 12.0. The van der Waals surface area contributed by atoms with Gasteiger partial charge in [-0.3, -0.25) is 4.99 Å². The highest BCUT2D eigenvalue weighted by Crippen LogP contribution is 2.23. The van der Waals surface area contributed by atoms with Gasteiger partial charge in [0.25, 0.3) is 0 Å². The summed E-state index contributed by atoms with van der Waals surface area (Å²) in [5.74, 6) is 2.11. The molecule has 0 aliphatic carbocycles. The smallest absolute Gasteiger partial charge is 0.219 e. The van der Waals surface area contributed by atoms with Crippen LogP contribution in [0.3, 0.4) is 0 Å². The predicted octanol–water partition coefficient (Wildman–Crippen LogP) is 4.59. The van der Waals surface area contributed by atoms with E-state index < -0.39 is 0 Å². The van der Waals surface area contributed by atoms with Gasteiger partial charge in [-0.25, -0.2) is 14.4 Å². The molecule has 0 bridgehead atoms. The monoisotopic (exact) mass is 576 g/mol. The highest BCUT2D eigenvalue weighted by atomic mass is 127. The van der Waals surface area contributed by atoms with Crippen molar-refractivity contribution in [2.45, 2.75) is 32.9 Å². The topological polar surface area (TPSA) is 74.7 Å². The number of nitrogens with one attached hydrogen (secondary N) is 2. The summed E-state index contributed by atoms with van der Waals surface area (Å²) >= 11 is 0. The van der Waals surface area contributed by atoms with Crippen LogP contribution in [0.5, 0.6) is 11.6 Å². The van der Waals surface area contributed by atoms with Crippen LogP contribution in [0.15, 0.2) is 59.9 Å². The maximum absolute atomic E-state index is 14.0. The van der Waals surface area contributed by atoms with Gasteiger partial charge < -0.3 is 20.3 Å². The molecule has 2 aromatic heterocycles. The lowest BCUT2D eigenvalue weighted by atomic mass is 10.1. The lowest BCUT2D eigenvalue weighted by Gasteiger charge is -2.20. The molecule has 1 atom stereocenters. The second-order valence-corrected chi connectivity index (χ2v) is 8.16. The van der Waals surface area contributed by atoms with E-state index in [1.165, 1.54) is 17.2 Å². The average molecular weight is 576 g/mol. The van der Waals surface area contributed by atoms with Gasteiger partial charge in [-0.05, 0) is 67.3 Å². The van der Waals surface area contributed by atoms with Crippen molar-refractivity contribution >= 4 is 35.8 Å². The van der Waals surface area contributed by atoms with Gasteiger partial charge in [0.1, 0.15) is 5.75 Å². The number of nitrogens with zero attached hydrogens (tertiary/aromatic N) is 4. The van der Waals surface area contributed by atoms with Gasteiger partial charge in [-0.15, -0.1) is 24.0 Å². The van der Waals surface area contributed by atoms with Gasteiger partial charge in [-0.2, -0.15) is 0 Å². The molecule has 1 aliphatic heterocycles. The first-order valence-electron chi connectivity index (χ1n) is 11.0. The number of hydrogen-bond acceptors (Lipinski definition) is 5. The van der Waals surface area contributed by atoms with Crippen LogP contribution in [-0.4, -0.2) is 42.1 Å². The van der Waals surface area contributed by atoms with E-state index in [0.717, 1.165) is 24.3 Å². The van der Waals surface area contributed by atoms with Crippen molar-refractivity contribution in [1.82, 2.24) is 20.6 Å². The molecule has 9 heteroatoms. The number of aromatic nitrogens is 2. The van der Waals surface area contributed by atoms with Crippen LogP contribution in [0, 0.1) is 19.7 Å². The Morgan fingerprint density at radius 1 is 1.15 bits per heavy atom. The minimum atomic E-state index is -0.294. The maximum atomic E-state index is 14.0. The molecular formula is C25H30FIN6O. The van der Waals surface area contributed by atoms with E-state index in [1.807, 2.05) is 35.2 Å². The summed E-state index contributed by atoms with van der Waals surface area (Å²) in [7, 11) is 1.74. The van der Waals surface area contributed by atoms with Crippen molar-refractivity contribution in [2.24, 2.45) is 4.99 Å². The van der Waals surface area contributed by atoms with E-state index in [-0.39, 0.29) is 35.8 Å². The third-order valence-corrected chi connectivity index (χ3v) is 5.75. The van der Waals surface area contributed by atoms with Crippen molar-refractivity contribution in [3.8, 4) is 11.6 Å². The molecule has 0 spiro atoms. The zero-order valence-electron chi connectivity index (χ0n) is 19.6. The molecule has 1 aliphatic rings. The molecule has 1 unspecified atom stereocenters. The Bertz CT molecular complexity index is 1140. The molecule has 7 nitrogen and oxygen atoms in total. The molecular weight excluding hydrogens is 546 g/mol. The highest BCUT2D eigenvalue weighted by molar-refractivity contribution is 14.0. The molecule has 1 aromatic carbocycles.